The van der Waals surface area contributed by atoms with Crippen LogP contribution >= 0.6 is 0 Å². The molecule has 0 aliphatic heterocycles. The molecule has 19 heavy (non-hydrogen) atoms. The first-order chi connectivity index (χ1) is 9.13. The van der Waals surface area contributed by atoms with Gasteiger partial charge >= 0.3 is 0 Å². The summed E-state index contributed by atoms with van der Waals surface area (Å²) in [6.07, 6.45) is 0.699. The highest BCUT2D eigenvalue weighted by molar-refractivity contribution is 5.77. The number of nitrogens with one attached hydrogen (secondary N) is 1. The normalized spacial score (nSPS) is 10.3. The molecular formula is C13H17F2NO3. The van der Waals surface area contributed by atoms with Crippen LogP contribution in [-0.2, 0) is 9.53 Å². The van der Waals surface area contributed by atoms with Crippen molar-refractivity contribution in [3.8, 4) is 5.75 Å². The van der Waals surface area contributed by atoms with Crippen molar-refractivity contribution in [1.82, 2.24) is 5.32 Å². The number of carbonyl (C=O) groups excluding carboxylic acids is 1. The molecule has 0 aromatic heterocycles. The predicted octanol–water partition coefficient (Wildman–Crippen LogP) is 1.89. The van der Waals surface area contributed by atoms with Crippen LogP contribution in [0, 0.1) is 11.6 Å². The van der Waals surface area contributed by atoms with Gasteiger partial charge in [-0.15, -0.1) is 0 Å². The maximum atomic E-state index is 13.2. The molecule has 6 heteroatoms. The largest absolute Gasteiger partial charge is 0.481 e. The lowest BCUT2D eigenvalue weighted by molar-refractivity contribution is -0.123. The minimum atomic E-state index is -0.829. The van der Waals surface area contributed by atoms with E-state index in [1.165, 1.54) is 0 Å². The van der Waals surface area contributed by atoms with E-state index >= 15 is 0 Å². The fourth-order valence-electron chi connectivity index (χ4n) is 1.33. The molecule has 0 aliphatic carbocycles. The molecule has 1 amide bonds. The van der Waals surface area contributed by atoms with E-state index in [1.54, 1.807) is 0 Å². The smallest absolute Gasteiger partial charge is 0.257 e. The first kappa shape index (κ1) is 15.4. The van der Waals surface area contributed by atoms with Gasteiger partial charge in [0, 0.05) is 25.8 Å². The maximum absolute atomic E-state index is 13.2. The molecule has 0 fully saturated rings. The molecule has 0 saturated heterocycles. The lowest BCUT2D eigenvalue weighted by Gasteiger charge is -2.08. The fraction of sp³-hybridized carbons (Fsp3) is 0.462. The van der Waals surface area contributed by atoms with Gasteiger partial charge in [0.25, 0.3) is 5.91 Å². The second kappa shape index (κ2) is 8.42. The Kier molecular flexibility index (Phi) is 6.81. The summed E-state index contributed by atoms with van der Waals surface area (Å²) in [5.41, 5.74) is 0. The number of rotatable bonds is 8. The number of ether oxygens (including phenoxy) is 2. The molecule has 0 heterocycles. The summed E-state index contributed by atoms with van der Waals surface area (Å²) in [5, 5.41) is 2.60. The molecule has 1 aromatic rings. The van der Waals surface area contributed by atoms with Crippen LogP contribution in [0.15, 0.2) is 18.2 Å². The summed E-state index contributed by atoms with van der Waals surface area (Å²) in [7, 11) is 0. The van der Waals surface area contributed by atoms with Gasteiger partial charge in [-0.3, -0.25) is 4.79 Å². The van der Waals surface area contributed by atoms with Crippen LogP contribution < -0.4 is 10.1 Å². The zero-order chi connectivity index (χ0) is 14.1. The molecular weight excluding hydrogens is 256 g/mol. The van der Waals surface area contributed by atoms with Gasteiger partial charge in [-0.05, 0) is 25.5 Å². The van der Waals surface area contributed by atoms with Crippen molar-refractivity contribution >= 4 is 5.91 Å². The first-order valence-electron chi connectivity index (χ1n) is 6.05. The van der Waals surface area contributed by atoms with E-state index in [0.717, 1.165) is 12.1 Å². The lowest BCUT2D eigenvalue weighted by Crippen LogP contribution is -2.30. The van der Waals surface area contributed by atoms with E-state index in [2.05, 4.69) is 5.32 Å². The van der Waals surface area contributed by atoms with E-state index < -0.39 is 11.6 Å². The van der Waals surface area contributed by atoms with Crippen molar-refractivity contribution in [1.29, 1.82) is 0 Å². The van der Waals surface area contributed by atoms with Crippen LogP contribution in [0.3, 0.4) is 0 Å². The molecule has 0 bridgehead atoms. The summed E-state index contributed by atoms with van der Waals surface area (Å²) in [5.74, 6) is -2.03. The molecule has 1 aromatic carbocycles. The molecule has 1 N–H and O–H groups in total. The van der Waals surface area contributed by atoms with Gasteiger partial charge in [0.15, 0.2) is 18.2 Å². The Morgan fingerprint density at radius 1 is 1.37 bits per heavy atom. The van der Waals surface area contributed by atoms with Crippen molar-refractivity contribution in [2.24, 2.45) is 0 Å². The van der Waals surface area contributed by atoms with E-state index in [4.69, 9.17) is 9.47 Å². The molecule has 0 atom stereocenters. The Bertz CT molecular complexity index is 413. The van der Waals surface area contributed by atoms with E-state index in [0.29, 0.717) is 32.2 Å². The molecule has 0 saturated carbocycles. The average molecular weight is 273 g/mol. The molecule has 4 nitrogen and oxygen atoms in total. The summed E-state index contributed by atoms with van der Waals surface area (Å²) in [6.45, 7) is 3.26. The molecule has 1 rings (SSSR count). The van der Waals surface area contributed by atoms with E-state index in [9.17, 15) is 13.6 Å². The maximum Gasteiger partial charge on any atom is 0.257 e. The molecule has 0 radical (unpaired) electrons. The molecule has 0 unspecified atom stereocenters. The van der Waals surface area contributed by atoms with Gasteiger partial charge in [0.2, 0.25) is 0 Å². The quantitative estimate of drug-likeness (QED) is 0.736. The number of benzene rings is 1. The van der Waals surface area contributed by atoms with Gasteiger partial charge < -0.3 is 14.8 Å². The third kappa shape index (κ3) is 6.15. The fourth-order valence-corrected chi connectivity index (χ4v) is 1.33. The lowest BCUT2D eigenvalue weighted by atomic mass is 10.3. The Morgan fingerprint density at radius 3 is 2.84 bits per heavy atom. The monoisotopic (exact) mass is 273 g/mol. The second-order valence-electron chi connectivity index (χ2n) is 3.76. The van der Waals surface area contributed by atoms with Crippen molar-refractivity contribution in [2.75, 3.05) is 26.4 Å². The summed E-state index contributed by atoms with van der Waals surface area (Å²) in [4.78, 5) is 11.4. The van der Waals surface area contributed by atoms with E-state index in [1.807, 2.05) is 6.92 Å². The second-order valence-corrected chi connectivity index (χ2v) is 3.76. The molecule has 106 valence electrons. The van der Waals surface area contributed by atoms with Gasteiger partial charge in [-0.1, -0.05) is 0 Å². The van der Waals surface area contributed by atoms with Crippen molar-refractivity contribution in [2.45, 2.75) is 13.3 Å². The number of carbonyl (C=O) groups is 1. The summed E-state index contributed by atoms with van der Waals surface area (Å²) >= 11 is 0. The van der Waals surface area contributed by atoms with Gasteiger partial charge in [-0.2, -0.15) is 0 Å². The number of hydrogen-bond donors (Lipinski definition) is 1. The third-order valence-electron chi connectivity index (χ3n) is 2.24. The van der Waals surface area contributed by atoms with Crippen LogP contribution in [0.25, 0.3) is 0 Å². The third-order valence-corrected chi connectivity index (χ3v) is 2.24. The predicted molar refractivity (Wildman–Crippen MR) is 66.0 cm³/mol. The van der Waals surface area contributed by atoms with Crippen molar-refractivity contribution in [3.63, 3.8) is 0 Å². The van der Waals surface area contributed by atoms with Crippen LogP contribution in [0.5, 0.6) is 5.75 Å². The highest BCUT2D eigenvalue weighted by atomic mass is 19.1. The Hall–Kier alpha value is -1.69. The van der Waals surface area contributed by atoms with Gasteiger partial charge in [0.05, 0.1) is 0 Å². The van der Waals surface area contributed by atoms with Crippen LogP contribution in [0.4, 0.5) is 8.78 Å². The Labute approximate surface area is 110 Å². The first-order valence-corrected chi connectivity index (χ1v) is 6.05. The van der Waals surface area contributed by atoms with E-state index in [-0.39, 0.29) is 18.3 Å². The van der Waals surface area contributed by atoms with Gasteiger partial charge in [0.1, 0.15) is 5.82 Å². The Morgan fingerprint density at radius 2 is 2.16 bits per heavy atom. The molecule has 0 spiro atoms. The Balaban J connectivity index is 2.22. The summed E-state index contributed by atoms with van der Waals surface area (Å²) < 4.78 is 35.9. The van der Waals surface area contributed by atoms with Crippen molar-refractivity contribution < 1.29 is 23.0 Å². The van der Waals surface area contributed by atoms with Crippen molar-refractivity contribution in [3.05, 3.63) is 29.8 Å². The van der Waals surface area contributed by atoms with Crippen LogP contribution in [0.1, 0.15) is 13.3 Å². The van der Waals surface area contributed by atoms with Gasteiger partial charge in [-0.25, -0.2) is 8.78 Å². The zero-order valence-corrected chi connectivity index (χ0v) is 10.7. The standard InChI is InChI=1S/C13H17F2NO3/c1-2-18-7-3-6-16-13(17)9-19-12-5-4-10(14)8-11(12)15/h4-5,8H,2-3,6-7,9H2,1H3,(H,16,17). The van der Waals surface area contributed by atoms with Crippen LogP contribution in [0.2, 0.25) is 0 Å². The number of amides is 1. The number of hydrogen-bond acceptors (Lipinski definition) is 3. The highest BCUT2D eigenvalue weighted by Gasteiger charge is 2.07. The topological polar surface area (TPSA) is 47.6 Å². The average Bonchev–Trinajstić information content (AvgIpc) is 2.37. The van der Waals surface area contributed by atoms with Crippen LogP contribution in [-0.4, -0.2) is 32.3 Å². The minimum Gasteiger partial charge on any atom is -0.481 e. The minimum absolute atomic E-state index is 0.147. The number of halogens is 2. The SMILES string of the molecule is CCOCCCNC(=O)COc1ccc(F)cc1F. The highest BCUT2D eigenvalue weighted by Crippen LogP contribution is 2.17. The zero-order valence-electron chi connectivity index (χ0n) is 10.7. The molecule has 0 aliphatic rings. The summed E-state index contributed by atoms with van der Waals surface area (Å²) in [6, 6.07) is 2.92.